The third-order valence-corrected chi connectivity index (χ3v) is 6.12. The van der Waals surface area contributed by atoms with Gasteiger partial charge < -0.3 is 9.64 Å². The SMILES string of the molecule is Cc1cc(C)n(-c2ccc3c(c2)N(c2cccc(-c4ccccn4)c2)c2ccccc2OC3)n1. The Bertz CT molecular complexity index is 1490. The molecule has 0 unspecified atom stereocenters. The maximum absolute atomic E-state index is 6.24. The summed E-state index contributed by atoms with van der Waals surface area (Å²) in [5.41, 5.74) is 9.38. The van der Waals surface area contributed by atoms with Crippen LogP contribution in [0.1, 0.15) is 17.0 Å². The van der Waals surface area contributed by atoms with Crippen molar-refractivity contribution in [1.29, 1.82) is 0 Å². The van der Waals surface area contributed by atoms with Crippen LogP contribution in [0.3, 0.4) is 0 Å². The molecule has 2 aromatic heterocycles. The zero-order valence-corrected chi connectivity index (χ0v) is 19.1. The Morgan fingerprint density at radius 3 is 2.47 bits per heavy atom. The standard InChI is InChI=1S/C29H24N4O/c1-20-16-21(2)33(31-20)25-14-13-23-19-34-29-12-4-3-11-27(29)32(28(23)18-25)24-9-7-8-22(17-24)26-10-5-6-15-30-26/h3-18H,19H2,1-2H3. The van der Waals surface area contributed by atoms with Gasteiger partial charge in [-0.05, 0) is 68.4 Å². The molecule has 0 saturated carbocycles. The van der Waals surface area contributed by atoms with Crippen molar-refractivity contribution in [2.75, 3.05) is 4.90 Å². The van der Waals surface area contributed by atoms with E-state index in [4.69, 9.17) is 9.84 Å². The predicted octanol–water partition coefficient (Wildman–Crippen LogP) is 6.91. The molecule has 0 radical (unpaired) electrons. The lowest BCUT2D eigenvalue weighted by molar-refractivity contribution is 0.310. The van der Waals surface area contributed by atoms with Gasteiger partial charge in [-0.2, -0.15) is 5.10 Å². The molecule has 0 spiro atoms. The molecule has 1 aliphatic heterocycles. The molecular weight excluding hydrogens is 420 g/mol. The summed E-state index contributed by atoms with van der Waals surface area (Å²) in [6.07, 6.45) is 1.83. The van der Waals surface area contributed by atoms with Crippen LogP contribution in [0.2, 0.25) is 0 Å². The van der Waals surface area contributed by atoms with Crippen molar-refractivity contribution in [3.8, 4) is 22.7 Å². The van der Waals surface area contributed by atoms with Crippen molar-refractivity contribution in [1.82, 2.24) is 14.8 Å². The van der Waals surface area contributed by atoms with Gasteiger partial charge in [-0.3, -0.25) is 4.98 Å². The maximum Gasteiger partial charge on any atom is 0.143 e. The van der Waals surface area contributed by atoms with Crippen LogP contribution in [0.25, 0.3) is 16.9 Å². The number of anilines is 3. The number of aryl methyl sites for hydroxylation is 2. The summed E-state index contributed by atoms with van der Waals surface area (Å²) in [5, 5.41) is 4.71. The summed E-state index contributed by atoms with van der Waals surface area (Å²) in [6.45, 7) is 4.60. The van der Waals surface area contributed by atoms with Gasteiger partial charge in [0.2, 0.25) is 0 Å². The second-order valence-electron chi connectivity index (χ2n) is 8.51. The molecule has 5 heteroatoms. The zero-order chi connectivity index (χ0) is 23.1. The number of aromatic nitrogens is 3. The Morgan fingerprint density at radius 2 is 1.65 bits per heavy atom. The Morgan fingerprint density at radius 1 is 0.765 bits per heavy atom. The van der Waals surface area contributed by atoms with E-state index in [1.54, 1.807) is 0 Å². The zero-order valence-electron chi connectivity index (χ0n) is 19.1. The Kier molecular flexibility index (Phi) is 4.88. The highest BCUT2D eigenvalue weighted by Gasteiger charge is 2.24. The summed E-state index contributed by atoms with van der Waals surface area (Å²) >= 11 is 0. The number of pyridine rings is 1. The lowest BCUT2D eigenvalue weighted by Crippen LogP contribution is -2.12. The lowest BCUT2D eigenvalue weighted by Gasteiger charge is -2.27. The number of benzene rings is 3. The van der Waals surface area contributed by atoms with Crippen LogP contribution in [0.15, 0.2) is 97.2 Å². The molecule has 0 saturated heterocycles. The minimum Gasteiger partial charge on any atom is -0.487 e. The van der Waals surface area contributed by atoms with E-state index in [0.29, 0.717) is 6.61 Å². The second-order valence-corrected chi connectivity index (χ2v) is 8.51. The van der Waals surface area contributed by atoms with Crippen molar-refractivity contribution in [3.63, 3.8) is 0 Å². The smallest absolute Gasteiger partial charge is 0.143 e. The van der Waals surface area contributed by atoms with E-state index >= 15 is 0 Å². The highest BCUT2D eigenvalue weighted by Crippen LogP contribution is 2.45. The van der Waals surface area contributed by atoms with E-state index in [2.05, 4.69) is 71.4 Å². The average molecular weight is 445 g/mol. The van der Waals surface area contributed by atoms with Crippen LogP contribution in [-0.2, 0) is 6.61 Å². The number of hydrogen-bond donors (Lipinski definition) is 0. The first-order valence-electron chi connectivity index (χ1n) is 11.4. The highest BCUT2D eigenvalue weighted by molar-refractivity contribution is 5.85. The lowest BCUT2D eigenvalue weighted by atomic mass is 10.1. The van der Waals surface area contributed by atoms with Gasteiger partial charge in [0, 0.05) is 28.7 Å². The molecule has 0 amide bonds. The van der Waals surface area contributed by atoms with Crippen LogP contribution in [-0.4, -0.2) is 14.8 Å². The normalized spacial score (nSPS) is 12.5. The van der Waals surface area contributed by atoms with Gasteiger partial charge in [0.1, 0.15) is 12.4 Å². The van der Waals surface area contributed by atoms with Crippen molar-refractivity contribution in [2.45, 2.75) is 20.5 Å². The fourth-order valence-electron chi connectivity index (χ4n) is 4.57. The van der Waals surface area contributed by atoms with E-state index in [1.165, 1.54) is 0 Å². The van der Waals surface area contributed by atoms with Crippen LogP contribution in [0.4, 0.5) is 17.1 Å². The molecule has 34 heavy (non-hydrogen) atoms. The summed E-state index contributed by atoms with van der Waals surface area (Å²) < 4.78 is 8.23. The van der Waals surface area contributed by atoms with Gasteiger partial charge in [-0.25, -0.2) is 4.68 Å². The number of para-hydroxylation sites is 2. The highest BCUT2D eigenvalue weighted by atomic mass is 16.5. The van der Waals surface area contributed by atoms with Gasteiger partial charge in [0.15, 0.2) is 0 Å². The van der Waals surface area contributed by atoms with Crippen molar-refractivity contribution in [2.24, 2.45) is 0 Å². The second kappa shape index (κ2) is 8.19. The topological polar surface area (TPSA) is 43.2 Å². The van der Waals surface area contributed by atoms with Gasteiger partial charge in [-0.15, -0.1) is 0 Å². The van der Waals surface area contributed by atoms with E-state index in [-0.39, 0.29) is 0 Å². The van der Waals surface area contributed by atoms with Crippen LogP contribution < -0.4 is 9.64 Å². The molecule has 1 aliphatic rings. The third kappa shape index (κ3) is 3.52. The summed E-state index contributed by atoms with van der Waals surface area (Å²) in [5.74, 6) is 0.856. The average Bonchev–Trinajstić information content (AvgIpc) is 3.13. The largest absolute Gasteiger partial charge is 0.487 e. The summed E-state index contributed by atoms with van der Waals surface area (Å²) in [7, 11) is 0. The molecule has 0 atom stereocenters. The van der Waals surface area contributed by atoms with E-state index in [1.807, 2.05) is 54.2 Å². The molecule has 3 aromatic carbocycles. The van der Waals surface area contributed by atoms with E-state index < -0.39 is 0 Å². The maximum atomic E-state index is 6.24. The first kappa shape index (κ1) is 20.2. The van der Waals surface area contributed by atoms with Gasteiger partial charge in [0.05, 0.1) is 28.5 Å². The fourth-order valence-corrected chi connectivity index (χ4v) is 4.57. The molecule has 0 aliphatic carbocycles. The van der Waals surface area contributed by atoms with Crippen molar-refractivity contribution in [3.05, 3.63) is 114 Å². The van der Waals surface area contributed by atoms with Crippen LogP contribution in [0.5, 0.6) is 5.75 Å². The molecule has 5 aromatic rings. The number of hydrogen-bond acceptors (Lipinski definition) is 4. The molecule has 5 nitrogen and oxygen atoms in total. The van der Waals surface area contributed by atoms with E-state index in [9.17, 15) is 0 Å². The quantitative estimate of drug-likeness (QED) is 0.303. The number of nitrogens with zero attached hydrogens (tertiary/aromatic N) is 4. The monoisotopic (exact) mass is 444 g/mol. The molecule has 0 N–H and O–H groups in total. The Labute approximate surface area is 198 Å². The predicted molar refractivity (Wildman–Crippen MR) is 135 cm³/mol. The number of fused-ring (bicyclic) bond motifs is 2. The third-order valence-electron chi connectivity index (χ3n) is 6.12. The van der Waals surface area contributed by atoms with Crippen molar-refractivity contribution < 1.29 is 4.74 Å². The minimum absolute atomic E-state index is 0.500. The molecular formula is C29H24N4O. The van der Waals surface area contributed by atoms with Crippen molar-refractivity contribution >= 4 is 17.1 Å². The van der Waals surface area contributed by atoms with E-state index in [0.717, 1.165) is 56.7 Å². The first-order chi connectivity index (χ1) is 16.7. The Hall–Kier alpha value is -4.38. The van der Waals surface area contributed by atoms with Gasteiger partial charge >= 0.3 is 0 Å². The summed E-state index contributed by atoms with van der Waals surface area (Å²) in [4.78, 5) is 6.83. The van der Waals surface area contributed by atoms with Crippen LogP contribution >= 0.6 is 0 Å². The van der Waals surface area contributed by atoms with Crippen LogP contribution in [0, 0.1) is 13.8 Å². The molecule has 0 bridgehead atoms. The molecule has 6 rings (SSSR count). The van der Waals surface area contributed by atoms with Gasteiger partial charge in [-0.1, -0.05) is 36.4 Å². The molecule has 0 fully saturated rings. The molecule has 3 heterocycles. The minimum atomic E-state index is 0.500. The number of rotatable bonds is 3. The fraction of sp³-hybridized carbons (Fsp3) is 0.103. The van der Waals surface area contributed by atoms with Gasteiger partial charge in [0.25, 0.3) is 0 Å². The number of ether oxygens (including phenoxy) is 1. The summed E-state index contributed by atoms with van der Waals surface area (Å²) in [6, 6.07) is 31.2. The first-order valence-corrected chi connectivity index (χ1v) is 11.4. The Balaban J connectivity index is 1.56. The molecule has 166 valence electrons.